The smallest absolute Gasteiger partial charge is 0.0394 e. The average Bonchev–Trinajstić information content (AvgIpc) is 2.16. The quantitative estimate of drug-likeness (QED) is 0.444. The Bertz CT molecular complexity index is 166. The minimum Gasteiger partial charge on any atom is -0.269 e. The summed E-state index contributed by atoms with van der Waals surface area (Å²) < 4.78 is 0. The highest BCUT2D eigenvalue weighted by molar-refractivity contribution is 5.30. The second-order valence-electron chi connectivity index (χ2n) is 2.22. The number of aliphatic imine (C=N–C) groups is 1. The number of rotatable bonds is 4. The van der Waals surface area contributed by atoms with Crippen LogP contribution < -0.4 is 0 Å². The predicted molar refractivity (Wildman–Crippen MR) is 58.6 cm³/mol. The maximum atomic E-state index is 3.88. The Morgan fingerprint density at radius 3 is 2.17 bits per heavy atom. The Labute approximate surface area is 76.2 Å². The molecular formula is C11H19N. The molecule has 0 rings (SSSR count). The number of hydrogen-bond donors (Lipinski definition) is 0. The van der Waals surface area contributed by atoms with Crippen LogP contribution in [0.1, 0.15) is 26.7 Å². The van der Waals surface area contributed by atoms with Gasteiger partial charge in [0.1, 0.15) is 0 Å². The standard InChI is InChI=1S/C9H15N.C2H4/c1-5-8(3)7-9(6-2)10-4;1-2/h6H,3-5,7H2,1-2H3;1-2H2/b9-6-;. The van der Waals surface area contributed by atoms with E-state index in [4.69, 9.17) is 0 Å². The molecule has 0 saturated carbocycles. The van der Waals surface area contributed by atoms with Crippen LogP contribution in [0.5, 0.6) is 0 Å². The summed E-state index contributed by atoms with van der Waals surface area (Å²) in [6.45, 7) is 17.4. The molecule has 12 heavy (non-hydrogen) atoms. The van der Waals surface area contributed by atoms with Crippen molar-refractivity contribution in [2.45, 2.75) is 26.7 Å². The number of hydrogen-bond acceptors (Lipinski definition) is 1. The van der Waals surface area contributed by atoms with Crippen molar-refractivity contribution in [3.8, 4) is 0 Å². The Balaban J connectivity index is 0. The fraction of sp³-hybridized carbons (Fsp3) is 0.364. The molecule has 0 spiro atoms. The lowest BCUT2D eigenvalue weighted by Crippen LogP contribution is -1.81. The molecule has 0 aromatic rings. The average molecular weight is 165 g/mol. The Hall–Kier alpha value is -1.11. The second-order valence-corrected chi connectivity index (χ2v) is 2.22. The van der Waals surface area contributed by atoms with E-state index in [1.54, 1.807) is 0 Å². The summed E-state index contributed by atoms with van der Waals surface area (Å²) in [6.07, 6.45) is 3.86. The Kier molecular flexibility index (Phi) is 11.1. The van der Waals surface area contributed by atoms with Crippen LogP contribution >= 0.6 is 0 Å². The molecule has 0 N–H and O–H groups in total. The summed E-state index contributed by atoms with van der Waals surface area (Å²) in [5.74, 6) is 0. The molecule has 0 amide bonds. The van der Waals surface area contributed by atoms with Gasteiger partial charge in [0.05, 0.1) is 0 Å². The molecule has 0 unspecified atom stereocenters. The highest BCUT2D eigenvalue weighted by atomic mass is 14.7. The third-order valence-corrected chi connectivity index (χ3v) is 1.47. The zero-order valence-corrected chi connectivity index (χ0v) is 8.27. The van der Waals surface area contributed by atoms with Crippen molar-refractivity contribution in [2.24, 2.45) is 4.99 Å². The molecule has 0 aromatic heterocycles. The van der Waals surface area contributed by atoms with Crippen LogP contribution in [0.3, 0.4) is 0 Å². The van der Waals surface area contributed by atoms with Gasteiger partial charge in [0.15, 0.2) is 0 Å². The lowest BCUT2D eigenvalue weighted by atomic mass is 10.1. The SMILES string of the molecule is C=C.C=N/C(=C\C)CC(=C)CC. The lowest BCUT2D eigenvalue weighted by Gasteiger charge is -2.00. The van der Waals surface area contributed by atoms with E-state index in [2.05, 4.69) is 38.4 Å². The molecule has 0 aliphatic heterocycles. The third kappa shape index (κ3) is 7.00. The van der Waals surface area contributed by atoms with E-state index in [1.807, 2.05) is 13.0 Å². The Morgan fingerprint density at radius 2 is 1.92 bits per heavy atom. The molecule has 1 heteroatoms. The first-order chi connectivity index (χ1) is 5.74. The second kappa shape index (κ2) is 9.89. The maximum Gasteiger partial charge on any atom is 0.0394 e. The first-order valence-electron chi connectivity index (χ1n) is 4.03. The molecule has 68 valence electrons. The van der Waals surface area contributed by atoms with Crippen LogP contribution in [0.25, 0.3) is 0 Å². The predicted octanol–water partition coefficient (Wildman–Crippen LogP) is 3.75. The maximum absolute atomic E-state index is 3.88. The van der Waals surface area contributed by atoms with E-state index in [9.17, 15) is 0 Å². The van der Waals surface area contributed by atoms with Gasteiger partial charge in [0.2, 0.25) is 0 Å². The van der Waals surface area contributed by atoms with E-state index in [0.29, 0.717) is 0 Å². The molecule has 0 bridgehead atoms. The van der Waals surface area contributed by atoms with Gasteiger partial charge in [0.25, 0.3) is 0 Å². The molecule has 0 atom stereocenters. The van der Waals surface area contributed by atoms with E-state index < -0.39 is 0 Å². The van der Waals surface area contributed by atoms with Crippen LogP contribution in [0.4, 0.5) is 0 Å². The molecule has 0 saturated heterocycles. The normalized spacial score (nSPS) is 9.67. The first-order valence-corrected chi connectivity index (χ1v) is 4.03. The van der Waals surface area contributed by atoms with Crippen molar-refractivity contribution in [2.75, 3.05) is 0 Å². The highest BCUT2D eigenvalue weighted by Crippen LogP contribution is 2.11. The minimum atomic E-state index is 0.872. The Morgan fingerprint density at radius 1 is 1.42 bits per heavy atom. The lowest BCUT2D eigenvalue weighted by molar-refractivity contribution is 0.985. The van der Waals surface area contributed by atoms with Gasteiger partial charge in [-0.05, 0) is 20.1 Å². The van der Waals surface area contributed by atoms with Gasteiger partial charge in [-0.2, -0.15) is 0 Å². The molecule has 0 aromatic carbocycles. The van der Waals surface area contributed by atoms with Crippen LogP contribution in [-0.2, 0) is 0 Å². The van der Waals surface area contributed by atoms with E-state index >= 15 is 0 Å². The van der Waals surface area contributed by atoms with Crippen molar-refractivity contribution >= 4 is 6.72 Å². The fourth-order valence-corrected chi connectivity index (χ4v) is 0.630. The minimum absolute atomic E-state index is 0.872. The van der Waals surface area contributed by atoms with E-state index in [-0.39, 0.29) is 0 Å². The molecule has 0 aliphatic rings. The van der Waals surface area contributed by atoms with Crippen LogP contribution in [0.2, 0.25) is 0 Å². The molecule has 0 heterocycles. The van der Waals surface area contributed by atoms with Crippen molar-refractivity contribution in [3.63, 3.8) is 0 Å². The molecule has 1 nitrogen and oxygen atoms in total. The fourth-order valence-electron chi connectivity index (χ4n) is 0.630. The molecule has 0 fully saturated rings. The largest absolute Gasteiger partial charge is 0.269 e. The van der Waals surface area contributed by atoms with Crippen molar-refractivity contribution in [1.29, 1.82) is 0 Å². The van der Waals surface area contributed by atoms with E-state index in [0.717, 1.165) is 18.5 Å². The van der Waals surface area contributed by atoms with Gasteiger partial charge in [-0.15, -0.1) is 13.2 Å². The van der Waals surface area contributed by atoms with Gasteiger partial charge in [-0.3, -0.25) is 4.99 Å². The van der Waals surface area contributed by atoms with Crippen molar-refractivity contribution in [3.05, 3.63) is 37.1 Å². The monoisotopic (exact) mass is 165 g/mol. The van der Waals surface area contributed by atoms with Gasteiger partial charge >= 0.3 is 0 Å². The highest BCUT2D eigenvalue weighted by Gasteiger charge is 1.93. The summed E-state index contributed by atoms with van der Waals surface area (Å²) >= 11 is 0. The summed E-state index contributed by atoms with van der Waals surface area (Å²) in [4.78, 5) is 3.84. The summed E-state index contributed by atoms with van der Waals surface area (Å²) in [7, 11) is 0. The van der Waals surface area contributed by atoms with Gasteiger partial charge in [0, 0.05) is 12.1 Å². The molecule has 0 aliphatic carbocycles. The van der Waals surface area contributed by atoms with Crippen molar-refractivity contribution < 1.29 is 0 Å². The molecule has 0 radical (unpaired) electrons. The number of nitrogens with zero attached hydrogens (tertiary/aromatic N) is 1. The van der Waals surface area contributed by atoms with Crippen LogP contribution in [0, 0.1) is 0 Å². The summed E-state index contributed by atoms with van der Waals surface area (Å²) in [5.41, 5.74) is 2.23. The summed E-state index contributed by atoms with van der Waals surface area (Å²) in [5, 5.41) is 0. The third-order valence-electron chi connectivity index (χ3n) is 1.47. The summed E-state index contributed by atoms with van der Waals surface area (Å²) in [6, 6.07) is 0. The first kappa shape index (κ1) is 13.5. The van der Waals surface area contributed by atoms with Crippen LogP contribution in [-0.4, -0.2) is 6.72 Å². The van der Waals surface area contributed by atoms with Gasteiger partial charge < -0.3 is 0 Å². The zero-order chi connectivity index (χ0) is 9.98. The number of allylic oxidation sites excluding steroid dienone is 2. The van der Waals surface area contributed by atoms with Crippen LogP contribution in [0.15, 0.2) is 42.1 Å². The van der Waals surface area contributed by atoms with Gasteiger partial charge in [-0.25, -0.2) is 0 Å². The van der Waals surface area contributed by atoms with E-state index in [1.165, 1.54) is 5.57 Å². The van der Waals surface area contributed by atoms with Crippen molar-refractivity contribution in [1.82, 2.24) is 0 Å². The topological polar surface area (TPSA) is 12.4 Å². The molecular weight excluding hydrogens is 146 g/mol. The van der Waals surface area contributed by atoms with Gasteiger partial charge in [-0.1, -0.05) is 25.2 Å². The zero-order valence-electron chi connectivity index (χ0n) is 8.27.